The third-order valence-corrected chi connectivity index (χ3v) is 10.1. The van der Waals surface area contributed by atoms with Crippen molar-refractivity contribution in [2.24, 2.45) is 11.8 Å². The molecule has 2 aromatic carbocycles. The standard InChI is InChI=1S/C41H56O13/c1-20-45-18-29-34(49-20)35(53-40(5,6)7)36(54-41(8,9)10)38(50-29)51-32-23-16-26-25(47-19-48-26)15-22(23)30(31-24(32)17-46-37(31)42)21-13-27(43-11)33(28(14-21)44-12)52-39(2,3)4/h13-16,20,24,29-32,34-36,38H,17-19H2,1-12H3/t20-,24+,29-,30-,31+,32-,34-,35+,36-,38?/m1/s1. The SMILES string of the molecule is COc1cc([C@@H]2c3cc4c(cc3[C@@H](OC3O[C@@H]5CO[C@@H](C)O[C@H]5[C@H](OC(C)(C)C)[C@H]3OC(C)(C)C)[C@H]3COC(=O)[C@H]23)OCO4)cc(OC)c1OC(C)(C)C. The number of carbonyl (C=O) groups excluding carboxylic acids is 1. The van der Waals surface area contributed by atoms with Crippen molar-refractivity contribution in [2.45, 2.75) is 135 Å². The molecule has 4 aliphatic heterocycles. The van der Waals surface area contributed by atoms with E-state index in [1.807, 2.05) is 93.5 Å². The van der Waals surface area contributed by atoms with Gasteiger partial charge in [0, 0.05) is 11.8 Å². The monoisotopic (exact) mass is 756 g/mol. The van der Waals surface area contributed by atoms with Gasteiger partial charge in [-0.3, -0.25) is 4.79 Å². The van der Waals surface area contributed by atoms with Crippen molar-refractivity contribution in [1.82, 2.24) is 0 Å². The molecule has 2 aromatic rings. The minimum Gasteiger partial charge on any atom is -0.493 e. The summed E-state index contributed by atoms with van der Waals surface area (Å²) in [5, 5.41) is 0. The third kappa shape index (κ3) is 7.72. The molecule has 298 valence electrons. The van der Waals surface area contributed by atoms with Gasteiger partial charge in [-0.05, 0) is 110 Å². The highest BCUT2D eigenvalue weighted by Crippen LogP contribution is 2.57. The van der Waals surface area contributed by atoms with Gasteiger partial charge in [-0.15, -0.1) is 0 Å². The lowest BCUT2D eigenvalue weighted by atomic mass is 9.66. The van der Waals surface area contributed by atoms with Crippen LogP contribution in [0.5, 0.6) is 28.7 Å². The minimum absolute atomic E-state index is 0.0738. The summed E-state index contributed by atoms with van der Waals surface area (Å²) >= 11 is 0. The van der Waals surface area contributed by atoms with E-state index in [4.69, 9.17) is 56.8 Å². The maximum absolute atomic E-state index is 14.0. The van der Waals surface area contributed by atoms with Gasteiger partial charge in [0.1, 0.15) is 30.0 Å². The van der Waals surface area contributed by atoms with Gasteiger partial charge in [0.25, 0.3) is 0 Å². The van der Waals surface area contributed by atoms with E-state index in [1.54, 1.807) is 14.2 Å². The van der Waals surface area contributed by atoms with Gasteiger partial charge in [0.15, 0.2) is 35.6 Å². The maximum Gasteiger partial charge on any atom is 0.310 e. The molecule has 0 aromatic heterocycles. The Morgan fingerprint density at radius 1 is 0.722 bits per heavy atom. The number of hydrogen-bond acceptors (Lipinski definition) is 13. The summed E-state index contributed by atoms with van der Waals surface area (Å²) in [6.45, 7) is 20.2. The molecule has 0 radical (unpaired) electrons. The fourth-order valence-corrected chi connectivity index (χ4v) is 8.17. The normalized spacial score (nSPS) is 32.0. The highest BCUT2D eigenvalue weighted by molar-refractivity contribution is 5.79. The van der Waals surface area contributed by atoms with Gasteiger partial charge in [-0.1, -0.05) is 0 Å². The molecule has 3 saturated heterocycles. The van der Waals surface area contributed by atoms with Crippen LogP contribution in [0.25, 0.3) is 0 Å². The topological polar surface area (TPSA) is 128 Å². The Bertz CT molecular complexity index is 1680. The van der Waals surface area contributed by atoms with E-state index in [9.17, 15) is 4.79 Å². The van der Waals surface area contributed by atoms with Crippen LogP contribution in [0.1, 0.15) is 97.9 Å². The molecule has 13 nitrogen and oxygen atoms in total. The molecule has 5 aliphatic rings. The number of cyclic esters (lactones) is 1. The van der Waals surface area contributed by atoms with Crippen molar-refractivity contribution in [3.05, 3.63) is 41.0 Å². The smallest absolute Gasteiger partial charge is 0.310 e. The Hall–Kier alpha value is -3.33. The largest absolute Gasteiger partial charge is 0.493 e. The summed E-state index contributed by atoms with van der Waals surface area (Å²) in [7, 11) is 3.17. The molecule has 0 amide bonds. The van der Waals surface area contributed by atoms with Crippen LogP contribution in [-0.4, -0.2) is 94.0 Å². The van der Waals surface area contributed by atoms with Crippen molar-refractivity contribution >= 4 is 5.97 Å². The van der Waals surface area contributed by atoms with Crippen molar-refractivity contribution in [3.63, 3.8) is 0 Å². The molecule has 54 heavy (non-hydrogen) atoms. The van der Waals surface area contributed by atoms with Crippen LogP contribution in [0.3, 0.4) is 0 Å². The predicted molar refractivity (Wildman–Crippen MR) is 194 cm³/mol. The molecule has 7 rings (SSSR count). The van der Waals surface area contributed by atoms with Crippen molar-refractivity contribution < 1.29 is 61.6 Å². The zero-order valence-electron chi connectivity index (χ0n) is 33.5. The molecule has 0 bridgehead atoms. The molecule has 3 fully saturated rings. The van der Waals surface area contributed by atoms with E-state index in [0.717, 1.165) is 16.7 Å². The van der Waals surface area contributed by atoms with Crippen molar-refractivity contribution in [3.8, 4) is 28.7 Å². The van der Waals surface area contributed by atoms with Crippen LogP contribution in [0.4, 0.5) is 0 Å². The number of ether oxygens (including phenoxy) is 12. The third-order valence-electron chi connectivity index (χ3n) is 10.1. The molecule has 13 heteroatoms. The minimum atomic E-state index is -0.941. The number of fused-ring (bicyclic) bond motifs is 4. The van der Waals surface area contributed by atoms with Crippen molar-refractivity contribution in [1.29, 1.82) is 0 Å². The van der Waals surface area contributed by atoms with Gasteiger partial charge in [0.2, 0.25) is 12.5 Å². The van der Waals surface area contributed by atoms with E-state index >= 15 is 0 Å². The Morgan fingerprint density at radius 2 is 1.33 bits per heavy atom. The van der Waals surface area contributed by atoms with E-state index in [1.165, 1.54) is 0 Å². The van der Waals surface area contributed by atoms with Gasteiger partial charge in [-0.25, -0.2) is 0 Å². The predicted octanol–water partition coefficient (Wildman–Crippen LogP) is 6.46. The zero-order chi connectivity index (χ0) is 38.9. The van der Waals surface area contributed by atoms with Crippen LogP contribution < -0.4 is 23.7 Å². The summed E-state index contributed by atoms with van der Waals surface area (Å²) in [6, 6.07) is 7.70. The lowest BCUT2D eigenvalue weighted by molar-refractivity contribution is -0.386. The second kappa shape index (κ2) is 14.3. The first-order valence-electron chi connectivity index (χ1n) is 18.8. The Balaban J connectivity index is 1.35. The number of benzene rings is 2. The molecule has 0 saturated carbocycles. The molecular formula is C41H56O13. The first kappa shape index (κ1) is 38.9. The Morgan fingerprint density at radius 3 is 1.93 bits per heavy atom. The van der Waals surface area contributed by atoms with E-state index in [-0.39, 0.29) is 26.0 Å². The molecule has 4 heterocycles. The lowest BCUT2D eigenvalue weighted by Gasteiger charge is -2.52. The highest BCUT2D eigenvalue weighted by atomic mass is 16.8. The number of carbonyl (C=O) groups is 1. The maximum atomic E-state index is 14.0. The lowest BCUT2D eigenvalue weighted by Crippen LogP contribution is -2.66. The fraction of sp³-hybridized carbons (Fsp3) is 0.683. The second-order valence-electron chi connectivity index (χ2n) is 17.6. The summed E-state index contributed by atoms with van der Waals surface area (Å²) in [6.07, 6.45) is -4.34. The first-order valence-corrected chi connectivity index (χ1v) is 18.8. The average molecular weight is 757 g/mol. The molecule has 0 N–H and O–H groups in total. The van der Waals surface area contributed by atoms with Gasteiger partial charge in [0.05, 0.1) is 50.7 Å². The van der Waals surface area contributed by atoms with Crippen LogP contribution >= 0.6 is 0 Å². The summed E-state index contributed by atoms with van der Waals surface area (Å²) in [5.41, 5.74) is 0.749. The first-order chi connectivity index (χ1) is 25.3. The number of methoxy groups -OCH3 is 2. The van der Waals surface area contributed by atoms with Crippen LogP contribution in [0.2, 0.25) is 0 Å². The van der Waals surface area contributed by atoms with E-state index < -0.39 is 77.7 Å². The second-order valence-corrected chi connectivity index (χ2v) is 17.6. The Labute approximate surface area is 318 Å². The fourth-order valence-electron chi connectivity index (χ4n) is 8.17. The number of rotatable bonds is 8. The average Bonchev–Trinajstić information content (AvgIpc) is 3.70. The van der Waals surface area contributed by atoms with Crippen LogP contribution in [0.15, 0.2) is 24.3 Å². The molecular weight excluding hydrogens is 700 g/mol. The molecule has 10 atom stereocenters. The number of hydrogen-bond donors (Lipinski definition) is 0. The molecule has 1 unspecified atom stereocenters. The Kier molecular flexibility index (Phi) is 10.3. The highest BCUT2D eigenvalue weighted by Gasteiger charge is 2.58. The van der Waals surface area contributed by atoms with E-state index in [2.05, 4.69) is 0 Å². The van der Waals surface area contributed by atoms with Gasteiger partial charge >= 0.3 is 5.97 Å². The molecule has 1 aliphatic carbocycles. The van der Waals surface area contributed by atoms with Gasteiger partial charge in [-0.2, -0.15) is 0 Å². The van der Waals surface area contributed by atoms with E-state index in [0.29, 0.717) is 28.7 Å². The summed E-state index contributed by atoms with van der Waals surface area (Å²) < 4.78 is 75.4. The zero-order valence-corrected chi connectivity index (χ0v) is 33.5. The van der Waals surface area contributed by atoms with Crippen LogP contribution in [-0.2, 0) is 38.0 Å². The molecule has 0 spiro atoms. The van der Waals surface area contributed by atoms with Crippen molar-refractivity contribution in [2.75, 3.05) is 34.2 Å². The van der Waals surface area contributed by atoms with Gasteiger partial charge < -0.3 is 56.8 Å². The van der Waals surface area contributed by atoms with Crippen LogP contribution in [0, 0.1) is 11.8 Å². The number of esters is 1. The summed E-state index contributed by atoms with van der Waals surface area (Å²) in [4.78, 5) is 14.0. The summed E-state index contributed by atoms with van der Waals surface area (Å²) in [5.74, 6) is 0.694. The quantitative estimate of drug-likeness (QED) is 0.274.